The van der Waals surface area contributed by atoms with Crippen molar-refractivity contribution < 1.29 is 13.5 Å². The van der Waals surface area contributed by atoms with Crippen LogP contribution in [0, 0.1) is 6.92 Å². The molecule has 1 saturated carbocycles. The molecule has 0 saturated heterocycles. The summed E-state index contributed by atoms with van der Waals surface area (Å²) in [4.78, 5) is 0.118. The van der Waals surface area contributed by atoms with Crippen LogP contribution in [0.15, 0.2) is 23.1 Å². The smallest absolute Gasteiger partial charge is 0.243 e. The number of benzene rings is 1. The Hall–Kier alpha value is -1.11. The summed E-state index contributed by atoms with van der Waals surface area (Å²) in [5, 5.41) is 9.86. The molecule has 0 bridgehead atoms. The lowest BCUT2D eigenvalue weighted by Crippen LogP contribution is -2.45. The van der Waals surface area contributed by atoms with Gasteiger partial charge < -0.3 is 10.8 Å². The van der Waals surface area contributed by atoms with Gasteiger partial charge in [-0.05, 0) is 31.4 Å². The Morgan fingerprint density at radius 2 is 2.00 bits per heavy atom. The summed E-state index contributed by atoms with van der Waals surface area (Å²) in [5.74, 6) is 0. The van der Waals surface area contributed by atoms with Gasteiger partial charge >= 0.3 is 0 Å². The molecule has 1 fully saturated rings. The quantitative estimate of drug-likeness (QED) is 0.726. The molecule has 5 nitrogen and oxygen atoms in total. The normalized spacial score (nSPS) is 24.3. The lowest BCUT2D eigenvalue weighted by atomic mass is 9.93. The van der Waals surface area contributed by atoms with E-state index in [1.807, 2.05) is 0 Å². The van der Waals surface area contributed by atoms with E-state index in [0.29, 0.717) is 18.4 Å². The van der Waals surface area contributed by atoms with Crippen molar-refractivity contribution in [3.05, 3.63) is 23.8 Å². The fourth-order valence-corrected chi connectivity index (χ4v) is 4.21. The molecule has 4 N–H and O–H groups in total. The third-order valence-corrected chi connectivity index (χ3v) is 5.26. The van der Waals surface area contributed by atoms with E-state index in [-0.39, 0.29) is 10.6 Å². The zero-order valence-corrected chi connectivity index (χ0v) is 11.8. The molecular weight excluding hydrogens is 264 g/mol. The van der Waals surface area contributed by atoms with Crippen molar-refractivity contribution in [2.24, 2.45) is 0 Å². The third-order valence-electron chi connectivity index (χ3n) is 3.55. The molecule has 19 heavy (non-hydrogen) atoms. The minimum atomic E-state index is -3.69. The molecule has 6 heteroatoms. The van der Waals surface area contributed by atoms with Gasteiger partial charge in [-0.1, -0.05) is 25.0 Å². The van der Waals surface area contributed by atoms with E-state index in [4.69, 9.17) is 5.73 Å². The molecule has 1 aromatic carbocycles. The molecule has 0 heterocycles. The minimum Gasteiger partial charge on any atom is -0.398 e. The van der Waals surface area contributed by atoms with Gasteiger partial charge in [0.25, 0.3) is 0 Å². The molecule has 2 rings (SSSR count). The molecule has 106 valence electrons. The van der Waals surface area contributed by atoms with E-state index in [9.17, 15) is 13.5 Å². The van der Waals surface area contributed by atoms with Gasteiger partial charge in [0.1, 0.15) is 4.90 Å². The molecule has 0 aliphatic heterocycles. The zero-order chi connectivity index (χ0) is 14.0. The van der Waals surface area contributed by atoms with Crippen molar-refractivity contribution in [2.75, 3.05) is 5.73 Å². The number of hydrogen-bond acceptors (Lipinski definition) is 4. The maximum Gasteiger partial charge on any atom is 0.243 e. The predicted molar refractivity (Wildman–Crippen MR) is 74.2 cm³/mol. The van der Waals surface area contributed by atoms with Crippen LogP contribution >= 0.6 is 0 Å². The van der Waals surface area contributed by atoms with Crippen LogP contribution in [0.1, 0.15) is 31.2 Å². The molecule has 2 atom stereocenters. The average Bonchev–Trinajstić information content (AvgIpc) is 2.31. The Morgan fingerprint density at radius 3 is 2.63 bits per heavy atom. The van der Waals surface area contributed by atoms with E-state index in [1.54, 1.807) is 25.1 Å². The highest BCUT2D eigenvalue weighted by Gasteiger charge is 2.29. The first-order valence-electron chi connectivity index (χ1n) is 6.47. The van der Waals surface area contributed by atoms with E-state index in [2.05, 4.69) is 4.72 Å². The number of aryl methyl sites for hydroxylation is 1. The van der Waals surface area contributed by atoms with Crippen molar-refractivity contribution in [1.29, 1.82) is 0 Å². The summed E-state index contributed by atoms with van der Waals surface area (Å²) >= 11 is 0. The Kier molecular flexibility index (Phi) is 4.13. The standard InChI is InChI=1S/C13H20N2O3S/c1-9-5-4-6-10(14)13(9)19(17,18)15-11-7-2-3-8-12(11)16/h4-6,11-12,15-16H,2-3,7-8,14H2,1H3/t11-,12-/m1/s1. The van der Waals surface area contributed by atoms with Gasteiger partial charge in [-0.2, -0.15) is 0 Å². The third kappa shape index (κ3) is 3.08. The lowest BCUT2D eigenvalue weighted by Gasteiger charge is -2.28. The number of nitrogens with two attached hydrogens (primary N) is 1. The highest BCUT2D eigenvalue weighted by molar-refractivity contribution is 7.89. The van der Waals surface area contributed by atoms with Crippen molar-refractivity contribution >= 4 is 15.7 Å². The molecule has 0 spiro atoms. The zero-order valence-electron chi connectivity index (χ0n) is 11.0. The van der Waals surface area contributed by atoms with Gasteiger partial charge in [0.15, 0.2) is 0 Å². The Morgan fingerprint density at radius 1 is 1.32 bits per heavy atom. The van der Waals surface area contributed by atoms with Gasteiger partial charge in [-0.15, -0.1) is 0 Å². The highest BCUT2D eigenvalue weighted by Crippen LogP contribution is 2.25. The Labute approximate surface area is 113 Å². The van der Waals surface area contributed by atoms with Crippen LogP contribution in [-0.4, -0.2) is 25.7 Å². The molecule has 1 aliphatic carbocycles. The summed E-state index contributed by atoms with van der Waals surface area (Å²) in [5.41, 5.74) is 6.61. The second-order valence-corrected chi connectivity index (χ2v) is 6.72. The number of nitrogens with one attached hydrogen (secondary N) is 1. The van der Waals surface area contributed by atoms with Gasteiger partial charge in [0, 0.05) is 6.04 Å². The van der Waals surface area contributed by atoms with Crippen molar-refractivity contribution in [3.8, 4) is 0 Å². The molecule has 0 aromatic heterocycles. The SMILES string of the molecule is Cc1cccc(N)c1S(=O)(=O)N[C@@H]1CCCC[C@H]1O. The first-order valence-corrected chi connectivity index (χ1v) is 7.95. The van der Waals surface area contributed by atoms with Gasteiger partial charge in [-0.3, -0.25) is 0 Å². The summed E-state index contributed by atoms with van der Waals surface area (Å²) in [7, 11) is -3.69. The fraction of sp³-hybridized carbons (Fsp3) is 0.538. The number of rotatable bonds is 3. The van der Waals surface area contributed by atoms with Crippen LogP contribution in [0.25, 0.3) is 0 Å². The van der Waals surface area contributed by atoms with Gasteiger partial charge in [0.05, 0.1) is 11.8 Å². The Bertz CT molecular complexity index is 537. The summed E-state index contributed by atoms with van der Waals surface area (Å²) < 4.78 is 27.4. The van der Waals surface area contributed by atoms with Crippen LogP contribution in [-0.2, 0) is 10.0 Å². The number of hydrogen-bond donors (Lipinski definition) is 3. The molecule has 1 aromatic rings. The van der Waals surface area contributed by atoms with Crippen LogP contribution in [0.2, 0.25) is 0 Å². The van der Waals surface area contributed by atoms with E-state index in [1.165, 1.54) is 0 Å². The Balaban J connectivity index is 2.27. The van der Waals surface area contributed by atoms with E-state index < -0.39 is 22.2 Å². The van der Waals surface area contributed by atoms with E-state index >= 15 is 0 Å². The molecular formula is C13H20N2O3S. The maximum absolute atomic E-state index is 12.4. The molecule has 1 aliphatic rings. The average molecular weight is 284 g/mol. The number of sulfonamides is 1. The number of anilines is 1. The first kappa shape index (κ1) is 14.3. The largest absolute Gasteiger partial charge is 0.398 e. The van der Waals surface area contributed by atoms with Crippen molar-refractivity contribution in [1.82, 2.24) is 4.72 Å². The minimum absolute atomic E-state index is 0.118. The van der Waals surface area contributed by atoms with Gasteiger partial charge in [-0.25, -0.2) is 13.1 Å². The number of aliphatic hydroxyl groups is 1. The monoisotopic (exact) mass is 284 g/mol. The predicted octanol–water partition coefficient (Wildman–Crippen LogP) is 1.16. The van der Waals surface area contributed by atoms with Gasteiger partial charge in [0.2, 0.25) is 10.0 Å². The second kappa shape index (κ2) is 5.48. The summed E-state index contributed by atoms with van der Waals surface area (Å²) in [6.45, 7) is 1.71. The van der Waals surface area contributed by atoms with Crippen LogP contribution in [0.4, 0.5) is 5.69 Å². The summed E-state index contributed by atoms with van der Waals surface area (Å²) in [6, 6.07) is 4.58. The first-order chi connectivity index (χ1) is 8.92. The lowest BCUT2D eigenvalue weighted by molar-refractivity contribution is 0.101. The number of nitrogen functional groups attached to an aromatic ring is 1. The second-order valence-electron chi connectivity index (χ2n) is 5.07. The topological polar surface area (TPSA) is 92.4 Å². The number of aliphatic hydroxyl groups excluding tert-OH is 1. The molecule has 0 radical (unpaired) electrons. The fourth-order valence-electron chi connectivity index (χ4n) is 2.55. The summed E-state index contributed by atoms with van der Waals surface area (Å²) in [6.07, 6.45) is 2.54. The van der Waals surface area contributed by atoms with Crippen LogP contribution < -0.4 is 10.5 Å². The van der Waals surface area contributed by atoms with Crippen LogP contribution in [0.3, 0.4) is 0 Å². The maximum atomic E-state index is 12.4. The highest BCUT2D eigenvalue weighted by atomic mass is 32.2. The van der Waals surface area contributed by atoms with E-state index in [0.717, 1.165) is 12.8 Å². The molecule has 0 unspecified atom stereocenters. The van der Waals surface area contributed by atoms with Crippen LogP contribution in [0.5, 0.6) is 0 Å². The molecule has 0 amide bonds. The van der Waals surface area contributed by atoms with Crippen molar-refractivity contribution in [3.63, 3.8) is 0 Å². The van der Waals surface area contributed by atoms with Crippen molar-refractivity contribution in [2.45, 2.75) is 49.6 Å².